The third-order valence-corrected chi connectivity index (χ3v) is 11.4. The minimum Gasteiger partial charge on any atom is -0.363 e. The van der Waals surface area contributed by atoms with Gasteiger partial charge in [-0.1, -0.05) is 98.6 Å². The van der Waals surface area contributed by atoms with E-state index in [0.717, 1.165) is 12.8 Å². The third kappa shape index (κ3) is 10.8. The summed E-state index contributed by atoms with van der Waals surface area (Å²) < 4.78 is 26.2. The van der Waals surface area contributed by atoms with Crippen molar-refractivity contribution in [3.8, 4) is 0 Å². The second kappa shape index (κ2) is 15.4. The first-order valence-corrected chi connectivity index (χ1v) is 18.7. The first-order valence-electron chi connectivity index (χ1n) is 16.9. The van der Waals surface area contributed by atoms with E-state index in [1.807, 2.05) is 40.7 Å². The van der Waals surface area contributed by atoms with Crippen LogP contribution in [0.1, 0.15) is 86.6 Å². The van der Waals surface area contributed by atoms with Gasteiger partial charge in [-0.2, -0.15) is 0 Å². The molecule has 2 unspecified atom stereocenters. The van der Waals surface area contributed by atoms with E-state index in [1.165, 1.54) is 4.90 Å². The molecule has 0 radical (unpaired) electrons. The molecule has 1 saturated carbocycles. The normalized spacial score (nSPS) is 21.5. The Morgan fingerprint density at radius 3 is 2.12 bits per heavy atom. The van der Waals surface area contributed by atoms with Crippen LogP contribution in [-0.2, 0) is 34.8 Å². The van der Waals surface area contributed by atoms with E-state index in [2.05, 4.69) is 16.0 Å². The zero-order chi connectivity index (χ0) is 36.2. The average Bonchev–Trinajstić information content (AvgIpc) is 3.79. The molecule has 48 heavy (non-hydrogen) atoms. The molecule has 2 aliphatic rings. The van der Waals surface area contributed by atoms with Crippen molar-refractivity contribution in [1.29, 1.82) is 0 Å². The lowest BCUT2D eigenvalue weighted by Gasteiger charge is -2.48. The number of nitrogens with two attached hydrogens (primary N) is 1. The monoisotopic (exact) mass is 689 g/mol. The number of carbonyl (C=O) groups is 5. The number of sulfone groups is 1. The Morgan fingerprint density at radius 2 is 1.60 bits per heavy atom. The number of urea groups is 1. The molecular formula is C35H55N5O7S. The van der Waals surface area contributed by atoms with Crippen LogP contribution in [0, 0.1) is 28.6 Å². The summed E-state index contributed by atoms with van der Waals surface area (Å²) >= 11 is 0. The van der Waals surface area contributed by atoms with Gasteiger partial charge >= 0.3 is 6.03 Å². The van der Waals surface area contributed by atoms with Crippen LogP contribution in [0.25, 0.3) is 0 Å². The fourth-order valence-electron chi connectivity index (χ4n) is 6.03. The van der Waals surface area contributed by atoms with Gasteiger partial charge in [-0.3, -0.25) is 19.2 Å². The van der Waals surface area contributed by atoms with E-state index in [-0.39, 0.29) is 41.2 Å². The number of piperidine rings is 1. The van der Waals surface area contributed by atoms with Gasteiger partial charge in [-0.05, 0) is 47.0 Å². The van der Waals surface area contributed by atoms with Gasteiger partial charge in [0.1, 0.15) is 12.1 Å². The summed E-state index contributed by atoms with van der Waals surface area (Å²) in [6, 6.07) is 4.28. The van der Waals surface area contributed by atoms with E-state index >= 15 is 0 Å². The summed E-state index contributed by atoms with van der Waals surface area (Å²) in [6.45, 7) is 15.3. The molecule has 1 heterocycles. The van der Waals surface area contributed by atoms with Crippen molar-refractivity contribution in [2.75, 3.05) is 12.3 Å². The number of likely N-dealkylation sites (tertiary alicyclic amines) is 1. The fourth-order valence-corrected chi connectivity index (χ4v) is 7.87. The zero-order valence-electron chi connectivity index (χ0n) is 29.7. The van der Waals surface area contributed by atoms with Crippen LogP contribution in [0.3, 0.4) is 0 Å². The molecule has 12 nitrogen and oxygen atoms in total. The Morgan fingerprint density at radius 1 is 1.00 bits per heavy atom. The summed E-state index contributed by atoms with van der Waals surface area (Å²) in [7, 11) is -3.59. The van der Waals surface area contributed by atoms with E-state index in [9.17, 15) is 32.4 Å². The Hall–Kier alpha value is -3.48. The number of Topliss-reactive ketones (excluding diaryl/α,β-unsaturated/α-hetero) is 1. The van der Waals surface area contributed by atoms with E-state index < -0.39 is 69.0 Å². The lowest BCUT2D eigenvalue weighted by atomic mass is 9.71. The highest BCUT2D eigenvalue weighted by molar-refractivity contribution is 7.90. The number of primary amides is 1. The molecule has 1 aliphatic carbocycles. The molecule has 0 spiro atoms. The standard InChI is InChI=1S/C35H55N5O7S/c1-21(2)26(20-48(46,47)19-24-12-10-9-11-13-24)38-33(45)39-29(34(4,5)6)32(44)40-18-22(3)35(7,8)17-27(40)31(43)37-25(16-23-14-15-23)28(41)30(36)42/h9-13,21-23,25-27,29H,14-20H2,1-8H3,(H2,36,42)(H,37,43)(H2,38,39,45)/t22?,25?,26-,27+,29-/m1/s1. The Balaban J connectivity index is 1.82. The summed E-state index contributed by atoms with van der Waals surface area (Å²) in [4.78, 5) is 67.6. The van der Waals surface area contributed by atoms with E-state index in [1.54, 1.807) is 45.0 Å². The largest absolute Gasteiger partial charge is 0.363 e. The predicted molar refractivity (Wildman–Crippen MR) is 184 cm³/mol. The van der Waals surface area contributed by atoms with Crippen molar-refractivity contribution >= 4 is 39.4 Å². The van der Waals surface area contributed by atoms with Gasteiger partial charge in [0, 0.05) is 12.6 Å². The summed E-state index contributed by atoms with van der Waals surface area (Å²) in [6.07, 6.45) is 2.39. The third-order valence-electron chi connectivity index (χ3n) is 9.80. The van der Waals surface area contributed by atoms with Crippen LogP contribution in [0.4, 0.5) is 4.79 Å². The quantitative estimate of drug-likeness (QED) is 0.216. The summed E-state index contributed by atoms with van der Waals surface area (Å²) in [5.41, 5.74) is 4.81. The van der Waals surface area contributed by atoms with Crippen LogP contribution >= 0.6 is 0 Å². The number of amides is 5. The number of nitrogens with one attached hydrogen (secondary N) is 3. The lowest BCUT2D eigenvalue weighted by molar-refractivity contribution is -0.151. The zero-order valence-corrected chi connectivity index (χ0v) is 30.5. The van der Waals surface area contributed by atoms with Crippen molar-refractivity contribution in [2.45, 2.75) is 111 Å². The number of nitrogens with zero attached hydrogens (tertiary/aromatic N) is 1. The number of ketones is 1. The van der Waals surface area contributed by atoms with Gasteiger partial charge in [0.25, 0.3) is 5.91 Å². The molecule has 0 aromatic heterocycles. The summed E-state index contributed by atoms with van der Waals surface area (Å²) in [5.74, 6) is -3.48. The van der Waals surface area contributed by atoms with Crippen LogP contribution in [0.5, 0.6) is 0 Å². The van der Waals surface area contributed by atoms with Crippen molar-refractivity contribution < 1.29 is 32.4 Å². The first-order chi connectivity index (χ1) is 22.1. The SMILES string of the molecule is CC(C)[C@@H](CS(=O)(=O)Cc1ccccc1)NC(=O)N[C@H](C(=O)N1CC(C)C(C)(C)C[C@H]1C(=O)NC(CC1CC1)C(=O)C(N)=O)C(C)(C)C. The predicted octanol–water partition coefficient (Wildman–Crippen LogP) is 2.94. The Kier molecular flexibility index (Phi) is 12.5. The lowest BCUT2D eigenvalue weighted by Crippen LogP contribution is -2.65. The number of carbonyl (C=O) groups excluding carboxylic acids is 5. The Labute approximate surface area is 285 Å². The highest BCUT2D eigenvalue weighted by Crippen LogP contribution is 2.40. The molecule has 5 atom stereocenters. The second-order valence-electron chi connectivity index (χ2n) is 15.9. The summed E-state index contributed by atoms with van der Waals surface area (Å²) in [5, 5.41) is 8.32. The minimum absolute atomic E-state index is 0.00500. The van der Waals surface area contributed by atoms with Crippen molar-refractivity contribution in [2.24, 2.45) is 34.3 Å². The van der Waals surface area contributed by atoms with Crippen molar-refractivity contribution in [3.05, 3.63) is 35.9 Å². The fraction of sp³-hybridized carbons (Fsp3) is 0.686. The number of rotatable bonds is 14. The van der Waals surface area contributed by atoms with Gasteiger partial charge in [0.2, 0.25) is 17.6 Å². The molecule has 13 heteroatoms. The molecule has 2 fully saturated rings. The van der Waals surface area contributed by atoms with Gasteiger partial charge in [-0.15, -0.1) is 0 Å². The second-order valence-corrected chi connectivity index (χ2v) is 18.0. The van der Waals surface area contributed by atoms with Crippen LogP contribution in [0.2, 0.25) is 0 Å². The van der Waals surface area contributed by atoms with Gasteiger partial charge < -0.3 is 26.6 Å². The number of hydrogen-bond acceptors (Lipinski definition) is 7. The highest BCUT2D eigenvalue weighted by Gasteiger charge is 2.48. The molecule has 0 bridgehead atoms. The molecule has 268 valence electrons. The molecule has 1 aliphatic heterocycles. The first kappa shape index (κ1) is 39.0. The molecular weight excluding hydrogens is 634 g/mol. The van der Waals surface area contributed by atoms with Crippen LogP contribution in [-0.4, -0.2) is 79.3 Å². The number of benzene rings is 1. The smallest absolute Gasteiger partial charge is 0.315 e. The van der Waals surface area contributed by atoms with Crippen molar-refractivity contribution in [1.82, 2.24) is 20.9 Å². The van der Waals surface area contributed by atoms with Crippen molar-refractivity contribution in [3.63, 3.8) is 0 Å². The molecule has 3 rings (SSSR count). The van der Waals surface area contributed by atoms with Gasteiger partial charge in [0.15, 0.2) is 9.84 Å². The molecule has 1 saturated heterocycles. The highest BCUT2D eigenvalue weighted by atomic mass is 32.2. The maximum Gasteiger partial charge on any atom is 0.315 e. The molecule has 1 aromatic rings. The Bertz CT molecular complexity index is 1450. The van der Waals surface area contributed by atoms with E-state index in [0.29, 0.717) is 18.4 Å². The van der Waals surface area contributed by atoms with Crippen LogP contribution < -0.4 is 21.7 Å². The average molecular weight is 690 g/mol. The molecule has 1 aromatic carbocycles. The van der Waals surface area contributed by atoms with Gasteiger partial charge in [-0.25, -0.2) is 13.2 Å². The van der Waals surface area contributed by atoms with E-state index in [4.69, 9.17) is 5.73 Å². The number of hydrogen-bond donors (Lipinski definition) is 4. The maximum atomic E-state index is 14.4. The molecule has 5 N–H and O–H groups in total. The minimum atomic E-state index is -3.59. The topological polar surface area (TPSA) is 185 Å². The maximum absolute atomic E-state index is 14.4. The van der Waals surface area contributed by atoms with Crippen LogP contribution in [0.15, 0.2) is 30.3 Å². The molecule has 5 amide bonds. The van der Waals surface area contributed by atoms with Gasteiger partial charge in [0.05, 0.1) is 17.5 Å².